The van der Waals surface area contributed by atoms with Crippen LogP contribution in [0.25, 0.3) is 0 Å². The van der Waals surface area contributed by atoms with Crippen LogP contribution < -0.4 is 5.56 Å². The quantitative estimate of drug-likeness (QED) is 0.946. The van der Waals surface area contributed by atoms with Crippen LogP contribution >= 0.6 is 11.6 Å². The number of carbonyl (C=O) groups is 1. The molecule has 0 saturated carbocycles. The summed E-state index contributed by atoms with van der Waals surface area (Å²) < 4.78 is 1.43. The molecule has 2 aromatic rings. The number of rotatable bonds is 3. The van der Waals surface area contributed by atoms with Crippen LogP contribution in [0, 0.1) is 13.8 Å². The predicted octanol–water partition coefficient (Wildman–Crippen LogP) is 2.87. The third kappa shape index (κ3) is 2.60. The summed E-state index contributed by atoms with van der Waals surface area (Å²) in [6.07, 6.45) is 0. The number of hydrogen-bond donors (Lipinski definition) is 1. The topological polar surface area (TPSA) is 59.3 Å². The van der Waals surface area contributed by atoms with Crippen LogP contribution in [-0.4, -0.2) is 15.6 Å². The van der Waals surface area contributed by atoms with Crippen LogP contribution in [-0.2, 0) is 6.54 Å². The minimum atomic E-state index is -1.03. The summed E-state index contributed by atoms with van der Waals surface area (Å²) in [5, 5.41) is 9.79. The smallest absolute Gasteiger partial charge is 0.337 e. The van der Waals surface area contributed by atoms with Crippen molar-refractivity contribution in [2.75, 3.05) is 0 Å². The summed E-state index contributed by atoms with van der Waals surface area (Å²) in [5.41, 5.74) is 1.61. The van der Waals surface area contributed by atoms with Gasteiger partial charge in [-0.05, 0) is 31.0 Å². The highest BCUT2D eigenvalue weighted by Gasteiger charge is 2.16. The number of hydrogen-bond acceptors (Lipinski definition) is 2. The molecule has 0 amide bonds. The molecule has 4 nitrogen and oxygen atoms in total. The average Bonchev–Trinajstić information content (AvgIpc) is 2.35. The maximum Gasteiger partial charge on any atom is 0.337 e. The van der Waals surface area contributed by atoms with E-state index in [2.05, 4.69) is 0 Å². The van der Waals surface area contributed by atoms with Gasteiger partial charge in [-0.25, -0.2) is 4.79 Å². The highest BCUT2D eigenvalue weighted by atomic mass is 35.5. The fourth-order valence-electron chi connectivity index (χ4n) is 2.24. The molecule has 104 valence electrons. The molecule has 0 radical (unpaired) electrons. The minimum Gasteiger partial charge on any atom is -0.478 e. The summed E-state index contributed by atoms with van der Waals surface area (Å²) in [4.78, 5) is 23.4. The van der Waals surface area contributed by atoms with Crippen molar-refractivity contribution in [2.24, 2.45) is 0 Å². The second-order valence-electron chi connectivity index (χ2n) is 4.61. The highest BCUT2D eigenvalue weighted by molar-refractivity contribution is 6.31. The summed E-state index contributed by atoms with van der Waals surface area (Å²) in [6, 6.07) is 8.53. The largest absolute Gasteiger partial charge is 0.478 e. The summed E-state index contributed by atoms with van der Waals surface area (Å²) in [5.74, 6) is -1.03. The Morgan fingerprint density at radius 1 is 1.30 bits per heavy atom. The Kier molecular flexibility index (Phi) is 3.95. The van der Waals surface area contributed by atoms with E-state index >= 15 is 0 Å². The minimum absolute atomic E-state index is 0.164. The maximum atomic E-state index is 12.1. The van der Waals surface area contributed by atoms with Gasteiger partial charge in [0.15, 0.2) is 0 Å². The van der Waals surface area contributed by atoms with E-state index < -0.39 is 5.97 Å². The Balaban J connectivity index is 2.58. The highest BCUT2D eigenvalue weighted by Crippen LogP contribution is 2.18. The van der Waals surface area contributed by atoms with Crippen molar-refractivity contribution in [3.05, 3.63) is 68.1 Å². The van der Waals surface area contributed by atoms with E-state index in [-0.39, 0.29) is 17.7 Å². The molecule has 0 atom stereocenters. The molecule has 20 heavy (non-hydrogen) atoms. The normalized spacial score (nSPS) is 10.6. The van der Waals surface area contributed by atoms with Gasteiger partial charge in [0, 0.05) is 16.8 Å². The lowest BCUT2D eigenvalue weighted by Gasteiger charge is -2.14. The number of benzene rings is 1. The van der Waals surface area contributed by atoms with Gasteiger partial charge in [-0.2, -0.15) is 0 Å². The zero-order chi connectivity index (χ0) is 14.9. The molecule has 0 unspecified atom stereocenters. The first kappa shape index (κ1) is 14.3. The van der Waals surface area contributed by atoms with Crippen LogP contribution in [0.15, 0.2) is 35.1 Å². The van der Waals surface area contributed by atoms with Crippen LogP contribution in [0.3, 0.4) is 0 Å². The first-order valence-electron chi connectivity index (χ1n) is 6.09. The number of halogens is 1. The molecule has 0 fully saturated rings. The van der Waals surface area contributed by atoms with E-state index in [1.54, 1.807) is 26.0 Å². The molecule has 0 aliphatic carbocycles. The van der Waals surface area contributed by atoms with Crippen LogP contribution in [0.1, 0.15) is 27.2 Å². The first-order chi connectivity index (χ1) is 9.41. The number of carboxylic acid groups (broad SMARTS) is 1. The standard InChI is InChI=1S/C15H14ClNO3/c1-9-7-13(18)17(10(2)14(9)15(19)20)8-11-5-3-4-6-12(11)16/h3-7H,8H2,1-2H3,(H,19,20). The molecule has 5 heteroatoms. The van der Waals surface area contributed by atoms with Gasteiger partial charge in [0.2, 0.25) is 0 Å². The Morgan fingerprint density at radius 2 is 1.95 bits per heavy atom. The number of pyridine rings is 1. The second kappa shape index (κ2) is 5.51. The summed E-state index contributed by atoms with van der Waals surface area (Å²) in [6.45, 7) is 3.51. The van der Waals surface area contributed by atoms with Crippen molar-refractivity contribution in [1.29, 1.82) is 0 Å². The third-order valence-electron chi connectivity index (χ3n) is 3.27. The van der Waals surface area contributed by atoms with Gasteiger partial charge in [-0.15, -0.1) is 0 Å². The molecule has 0 saturated heterocycles. The Bertz CT molecular complexity index is 734. The fourth-order valence-corrected chi connectivity index (χ4v) is 2.43. The van der Waals surface area contributed by atoms with Gasteiger partial charge in [-0.3, -0.25) is 4.79 Å². The Labute approximate surface area is 121 Å². The van der Waals surface area contributed by atoms with Crippen LogP contribution in [0.2, 0.25) is 5.02 Å². The molecule has 1 heterocycles. The van der Waals surface area contributed by atoms with E-state index in [9.17, 15) is 14.7 Å². The molecule has 2 rings (SSSR count). The Hall–Kier alpha value is -2.07. The van der Waals surface area contributed by atoms with E-state index in [4.69, 9.17) is 11.6 Å². The lowest BCUT2D eigenvalue weighted by molar-refractivity contribution is 0.0694. The van der Waals surface area contributed by atoms with Crippen molar-refractivity contribution in [3.8, 4) is 0 Å². The number of aromatic carboxylic acids is 1. The SMILES string of the molecule is Cc1cc(=O)n(Cc2ccccc2Cl)c(C)c1C(=O)O. The van der Waals surface area contributed by atoms with Crippen molar-refractivity contribution in [3.63, 3.8) is 0 Å². The first-order valence-corrected chi connectivity index (χ1v) is 6.47. The Morgan fingerprint density at radius 3 is 2.55 bits per heavy atom. The molecule has 0 aliphatic rings. The number of aryl methyl sites for hydroxylation is 1. The van der Waals surface area contributed by atoms with E-state index in [0.717, 1.165) is 5.56 Å². The molecule has 0 bridgehead atoms. The van der Waals surface area contributed by atoms with Crippen molar-refractivity contribution in [1.82, 2.24) is 4.57 Å². The summed E-state index contributed by atoms with van der Waals surface area (Å²) >= 11 is 6.08. The monoisotopic (exact) mass is 291 g/mol. The lowest BCUT2D eigenvalue weighted by Crippen LogP contribution is -2.26. The zero-order valence-corrected chi connectivity index (χ0v) is 11.9. The maximum absolute atomic E-state index is 12.1. The molecule has 0 spiro atoms. The van der Waals surface area contributed by atoms with E-state index in [0.29, 0.717) is 16.3 Å². The molecule has 1 aromatic heterocycles. The lowest BCUT2D eigenvalue weighted by atomic mass is 10.1. The predicted molar refractivity (Wildman–Crippen MR) is 77.7 cm³/mol. The van der Waals surface area contributed by atoms with Gasteiger partial charge in [0.05, 0.1) is 12.1 Å². The van der Waals surface area contributed by atoms with E-state index in [1.165, 1.54) is 10.6 Å². The average molecular weight is 292 g/mol. The van der Waals surface area contributed by atoms with Gasteiger partial charge in [-0.1, -0.05) is 29.8 Å². The van der Waals surface area contributed by atoms with Crippen molar-refractivity contribution < 1.29 is 9.90 Å². The van der Waals surface area contributed by atoms with Crippen molar-refractivity contribution in [2.45, 2.75) is 20.4 Å². The third-order valence-corrected chi connectivity index (χ3v) is 3.64. The van der Waals surface area contributed by atoms with Gasteiger partial charge in [0.25, 0.3) is 5.56 Å². The molecule has 1 N–H and O–H groups in total. The summed E-state index contributed by atoms with van der Waals surface area (Å²) in [7, 11) is 0. The fraction of sp³-hybridized carbons (Fsp3) is 0.200. The van der Waals surface area contributed by atoms with Crippen molar-refractivity contribution >= 4 is 17.6 Å². The van der Waals surface area contributed by atoms with Crippen LogP contribution in [0.4, 0.5) is 0 Å². The molecule has 1 aromatic carbocycles. The van der Waals surface area contributed by atoms with Gasteiger partial charge in [0.1, 0.15) is 0 Å². The zero-order valence-electron chi connectivity index (χ0n) is 11.2. The molecule has 0 aliphatic heterocycles. The molecular formula is C15H14ClNO3. The molecular weight excluding hydrogens is 278 g/mol. The van der Waals surface area contributed by atoms with Gasteiger partial charge < -0.3 is 9.67 Å². The second-order valence-corrected chi connectivity index (χ2v) is 5.02. The van der Waals surface area contributed by atoms with Crippen LogP contribution in [0.5, 0.6) is 0 Å². The number of carboxylic acids is 1. The number of nitrogens with zero attached hydrogens (tertiary/aromatic N) is 1. The van der Waals surface area contributed by atoms with Gasteiger partial charge >= 0.3 is 5.97 Å². The van der Waals surface area contributed by atoms with E-state index in [1.807, 2.05) is 12.1 Å². The number of aromatic nitrogens is 1.